The first kappa shape index (κ1) is 20.2. The number of amides is 1. The fraction of sp³-hybridized carbons (Fsp3) is 0.304. The molecule has 2 aromatic carbocycles. The summed E-state index contributed by atoms with van der Waals surface area (Å²) in [6, 6.07) is 9.87. The Morgan fingerprint density at radius 2 is 1.67 bits per heavy atom. The van der Waals surface area contributed by atoms with Crippen molar-refractivity contribution in [1.82, 2.24) is 9.88 Å². The van der Waals surface area contributed by atoms with E-state index in [9.17, 15) is 13.6 Å². The number of nitrogens with one attached hydrogen (secondary N) is 1. The number of hydrogen-bond donors (Lipinski definition) is 1. The van der Waals surface area contributed by atoms with Gasteiger partial charge in [0.15, 0.2) is 0 Å². The van der Waals surface area contributed by atoms with E-state index in [0.717, 1.165) is 28.9 Å². The smallest absolute Gasteiger partial charge is 0.238 e. The van der Waals surface area contributed by atoms with Gasteiger partial charge in [0, 0.05) is 38.1 Å². The van der Waals surface area contributed by atoms with Crippen LogP contribution in [-0.4, -0.2) is 48.5 Å². The molecule has 5 nitrogen and oxygen atoms in total. The van der Waals surface area contributed by atoms with Crippen molar-refractivity contribution < 1.29 is 13.6 Å². The highest BCUT2D eigenvalue weighted by Gasteiger charge is 2.22. The van der Waals surface area contributed by atoms with Crippen LogP contribution in [0.4, 0.5) is 20.2 Å². The highest BCUT2D eigenvalue weighted by atomic mass is 19.1. The number of piperazine rings is 1. The zero-order valence-corrected chi connectivity index (χ0v) is 17.1. The number of rotatable bonds is 4. The van der Waals surface area contributed by atoms with Crippen molar-refractivity contribution in [3.8, 4) is 0 Å². The lowest BCUT2D eigenvalue weighted by atomic mass is 10.1. The summed E-state index contributed by atoms with van der Waals surface area (Å²) in [5.74, 6) is -1.07. The van der Waals surface area contributed by atoms with Gasteiger partial charge in [-0.3, -0.25) is 14.7 Å². The molecule has 0 atom stereocenters. The molecule has 1 saturated heterocycles. The summed E-state index contributed by atoms with van der Waals surface area (Å²) in [6.45, 7) is 6.78. The Balaban J connectivity index is 1.42. The number of pyridine rings is 1. The molecule has 0 aliphatic carbocycles. The summed E-state index contributed by atoms with van der Waals surface area (Å²) >= 11 is 0. The van der Waals surface area contributed by atoms with Gasteiger partial charge < -0.3 is 10.2 Å². The van der Waals surface area contributed by atoms with E-state index in [-0.39, 0.29) is 16.8 Å². The molecule has 3 aromatic rings. The molecule has 1 fully saturated rings. The Labute approximate surface area is 174 Å². The number of nitrogens with zero attached hydrogens (tertiary/aromatic N) is 3. The predicted molar refractivity (Wildman–Crippen MR) is 115 cm³/mol. The first-order chi connectivity index (χ1) is 14.4. The predicted octanol–water partition coefficient (Wildman–Crippen LogP) is 3.89. The van der Waals surface area contributed by atoms with Crippen LogP contribution in [0.5, 0.6) is 0 Å². The quantitative estimate of drug-likeness (QED) is 0.709. The van der Waals surface area contributed by atoms with Gasteiger partial charge in [-0.05, 0) is 43.2 Å². The third kappa shape index (κ3) is 3.98. The second-order valence-electron chi connectivity index (χ2n) is 7.66. The lowest BCUT2D eigenvalue weighted by molar-refractivity contribution is -0.117. The molecule has 4 rings (SSSR count). The number of hydrogen-bond acceptors (Lipinski definition) is 4. The molecular weight excluding hydrogens is 386 g/mol. The van der Waals surface area contributed by atoms with Gasteiger partial charge in [-0.25, -0.2) is 8.78 Å². The first-order valence-electron chi connectivity index (χ1n) is 10.00. The van der Waals surface area contributed by atoms with Crippen molar-refractivity contribution >= 4 is 28.2 Å². The van der Waals surface area contributed by atoms with E-state index in [1.54, 1.807) is 6.07 Å². The number of fused-ring (bicyclic) bond motifs is 1. The second kappa shape index (κ2) is 8.36. The Hall–Kier alpha value is -3.06. The van der Waals surface area contributed by atoms with Crippen LogP contribution in [0.1, 0.15) is 11.1 Å². The standard InChI is InChI=1S/C23H24F2N4O/c1-15-4-3-5-16(2)22(15)27-20(30)14-28-10-12-29(13-11-28)19-8-9-26-23-18(25)7-6-17(24)21(19)23/h3-9H,10-14H2,1-2H3,(H,27,30). The molecule has 156 valence electrons. The second-order valence-corrected chi connectivity index (χ2v) is 7.66. The normalized spacial score (nSPS) is 14.9. The third-order valence-electron chi connectivity index (χ3n) is 5.60. The molecule has 30 heavy (non-hydrogen) atoms. The maximum absolute atomic E-state index is 14.4. The maximum atomic E-state index is 14.4. The van der Waals surface area contributed by atoms with Gasteiger partial charge >= 0.3 is 0 Å². The summed E-state index contributed by atoms with van der Waals surface area (Å²) in [5.41, 5.74) is 3.61. The molecule has 1 aliphatic heterocycles. The lowest BCUT2D eigenvalue weighted by Crippen LogP contribution is -2.48. The van der Waals surface area contributed by atoms with Crippen molar-refractivity contribution in [2.75, 3.05) is 42.9 Å². The highest BCUT2D eigenvalue weighted by Crippen LogP contribution is 2.30. The Morgan fingerprint density at radius 3 is 2.37 bits per heavy atom. The molecule has 0 spiro atoms. The van der Waals surface area contributed by atoms with Crippen LogP contribution in [-0.2, 0) is 4.79 Å². The number of carbonyl (C=O) groups excluding carboxylic acids is 1. The van der Waals surface area contributed by atoms with Crippen LogP contribution >= 0.6 is 0 Å². The zero-order chi connectivity index (χ0) is 21.3. The molecule has 0 bridgehead atoms. The van der Waals surface area contributed by atoms with E-state index in [1.807, 2.05) is 36.9 Å². The minimum Gasteiger partial charge on any atom is -0.368 e. The molecule has 1 aromatic heterocycles. The Morgan fingerprint density at radius 1 is 1.00 bits per heavy atom. The first-order valence-corrected chi connectivity index (χ1v) is 10.00. The molecule has 1 aliphatic rings. The van der Waals surface area contributed by atoms with E-state index in [4.69, 9.17) is 0 Å². The molecule has 0 unspecified atom stereocenters. The Bertz CT molecular complexity index is 1070. The van der Waals surface area contributed by atoms with Crippen LogP contribution in [0.3, 0.4) is 0 Å². The van der Waals surface area contributed by atoms with E-state index in [0.29, 0.717) is 38.4 Å². The lowest BCUT2D eigenvalue weighted by Gasteiger charge is -2.36. The number of carbonyl (C=O) groups is 1. The summed E-state index contributed by atoms with van der Waals surface area (Å²) < 4.78 is 28.5. The van der Waals surface area contributed by atoms with Gasteiger partial charge in [-0.2, -0.15) is 0 Å². The number of para-hydroxylation sites is 1. The van der Waals surface area contributed by atoms with E-state index < -0.39 is 11.6 Å². The molecule has 0 saturated carbocycles. The number of benzene rings is 2. The van der Waals surface area contributed by atoms with Crippen molar-refractivity contribution in [1.29, 1.82) is 0 Å². The molecular formula is C23H24F2N4O. The van der Waals surface area contributed by atoms with Crippen molar-refractivity contribution in [3.63, 3.8) is 0 Å². The summed E-state index contributed by atoms with van der Waals surface area (Å²) in [7, 11) is 0. The van der Waals surface area contributed by atoms with Crippen LogP contribution in [0.25, 0.3) is 10.9 Å². The van der Waals surface area contributed by atoms with Gasteiger partial charge in [0.25, 0.3) is 0 Å². The van der Waals surface area contributed by atoms with Crippen molar-refractivity contribution in [3.05, 3.63) is 65.4 Å². The van der Waals surface area contributed by atoms with Gasteiger partial charge in [0.2, 0.25) is 5.91 Å². The summed E-state index contributed by atoms with van der Waals surface area (Å²) in [6.07, 6.45) is 1.50. The van der Waals surface area contributed by atoms with Crippen LogP contribution in [0.15, 0.2) is 42.6 Å². The Kier molecular flexibility index (Phi) is 5.63. The van der Waals surface area contributed by atoms with Crippen molar-refractivity contribution in [2.24, 2.45) is 0 Å². The molecule has 7 heteroatoms. The molecule has 1 N–H and O–H groups in total. The van der Waals surface area contributed by atoms with Gasteiger partial charge in [0.05, 0.1) is 17.6 Å². The van der Waals surface area contributed by atoms with E-state index in [2.05, 4.69) is 15.2 Å². The molecule has 2 heterocycles. The maximum Gasteiger partial charge on any atom is 0.238 e. The molecule has 1 amide bonds. The van der Waals surface area contributed by atoms with Gasteiger partial charge in [0.1, 0.15) is 17.2 Å². The fourth-order valence-corrected chi connectivity index (χ4v) is 3.98. The molecule has 0 radical (unpaired) electrons. The van der Waals surface area contributed by atoms with Gasteiger partial charge in [-0.15, -0.1) is 0 Å². The highest BCUT2D eigenvalue weighted by molar-refractivity contribution is 5.94. The number of halogens is 2. The van der Waals surface area contributed by atoms with Crippen LogP contribution in [0.2, 0.25) is 0 Å². The minimum atomic E-state index is -0.532. The summed E-state index contributed by atoms with van der Waals surface area (Å²) in [4.78, 5) is 20.6. The average Bonchev–Trinajstić information content (AvgIpc) is 2.74. The minimum absolute atomic E-state index is 0.0444. The van der Waals surface area contributed by atoms with E-state index >= 15 is 0 Å². The largest absolute Gasteiger partial charge is 0.368 e. The average molecular weight is 410 g/mol. The number of anilines is 2. The SMILES string of the molecule is Cc1cccc(C)c1NC(=O)CN1CCN(c2ccnc3c(F)ccc(F)c23)CC1. The number of aromatic nitrogens is 1. The third-order valence-corrected chi connectivity index (χ3v) is 5.60. The number of aryl methyl sites for hydroxylation is 2. The van der Waals surface area contributed by atoms with Crippen LogP contribution < -0.4 is 10.2 Å². The summed E-state index contributed by atoms with van der Waals surface area (Å²) in [5, 5.41) is 3.22. The van der Waals surface area contributed by atoms with Crippen LogP contribution in [0, 0.1) is 25.5 Å². The zero-order valence-electron chi connectivity index (χ0n) is 17.1. The van der Waals surface area contributed by atoms with Gasteiger partial charge in [-0.1, -0.05) is 18.2 Å². The fourth-order valence-electron chi connectivity index (χ4n) is 3.98. The monoisotopic (exact) mass is 410 g/mol. The van der Waals surface area contributed by atoms with E-state index in [1.165, 1.54) is 6.20 Å². The topological polar surface area (TPSA) is 48.5 Å². The van der Waals surface area contributed by atoms with Crippen molar-refractivity contribution in [2.45, 2.75) is 13.8 Å².